The molecule has 0 radical (unpaired) electrons. The maximum Gasteiger partial charge on any atom is 0.0551 e. The van der Waals surface area contributed by atoms with Gasteiger partial charge in [0.1, 0.15) is 0 Å². The first-order valence-corrected chi connectivity index (χ1v) is 3.08. The van der Waals surface area contributed by atoms with Crippen LogP contribution in [0.1, 0.15) is 5.56 Å². The molecule has 6 N–H and O–H groups in total. The Bertz CT molecular complexity index is 240. The molecule has 0 unspecified atom stereocenters. The number of nitrogens with two attached hydrogens (primary N) is 3. The van der Waals surface area contributed by atoms with Gasteiger partial charge in [-0.2, -0.15) is 0 Å². The van der Waals surface area contributed by atoms with E-state index in [0.717, 1.165) is 5.56 Å². The molecule has 1 aromatic carbocycles. The summed E-state index contributed by atoms with van der Waals surface area (Å²) in [4.78, 5) is 0. The number of nitrogen functional groups attached to an aromatic ring is 2. The Hall–Kier alpha value is -0.640. The lowest BCUT2D eigenvalue weighted by Crippen LogP contribution is -1.99. The van der Waals surface area contributed by atoms with Gasteiger partial charge in [-0.05, 0) is 17.7 Å². The summed E-state index contributed by atoms with van der Waals surface area (Å²) in [6.07, 6.45) is 0. The Kier molecular flexibility index (Phi) is 6.89. The van der Waals surface area contributed by atoms with E-state index >= 15 is 0 Å². The molecule has 0 spiro atoms. The summed E-state index contributed by atoms with van der Waals surface area (Å²) in [6.45, 7) is 0.504. The van der Waals surface area contributed by atoms with Gasteiger partial charge in [-0.3, -0.25) is 0 Å². The van der Waals surface area contributed by atoms with Gasteiger partial charge >= 0.3 is 0 Å². The standard InChI is InChI=1S/C7H11N3.2ClH/c8-4-5-1-2-6(9)7(10)3-5;;/h1-3H,4,8-10H2;2*1H. The smallest absolute Gasteiger partial charge is 0.0551 e. The van der Waals surface area contributed by atoms with E-state index in [1.54, 1.807) is 12.1 Å². The number of anilines is 2. The second-order valence-electron chi connectivity index (χ2n) is 2.17. The van der Waals surface area contributed by atoms with Crippen LogP contribution in [0.25, 0.3) is 0 Å². The summed E-state index contributed by atoms with van der Waals surface area (Å²) in [7, 11) is 0. The first-order chi connectivity index (χ1) is 4.74. The van der Waals surface area contributed by atoms with Crippen molar-refractivity contribution in [2.45, 2.75) is 6.54 Å². The highest BCUT2D eigenvalue weighted by molar-refractivity contribution is 5.85. The normalized spacial score (nSPS) is 8.08. The lowest BCUT2D eigenvalue weighted by molar-refractivity contribution is 1.07. The molecule has 0 saturated carbocycles. The van der Waals surface area contributed by atoms with E-state index in [1.807, 2.05) is 6.07 Å². The monoisotopic (exact) mass is 209 g/mol. The molecule has 0 aliphatic carbocycles. The zero-order chi connectivity index (χ0) is 7.56. The lowest BCUT2D eigenvalue weighted by atomic mass is 10.2. The minimum absolute atomic E-state index is 0. The van der Waals surface area contributed by atoms with E-state index in [2.05, 4.69) is 0 Å². The Morgan fingerprint density at radius 3 is 2.00 bits per heavy atom. The molecule has 0 amide bonds. The number of hydrogen-bond donors (Lipinski definition) is 3. The van der Waals surface area contributed by atoms with Crippen molar-refractivity contribution in [3.63, 3.8) is 0 Å². The van der Waals surface area contributed by atoms with Gasteiger partial charge in [-0.25, -0.2) is 0 Å². The fourth-order valence-corrected chi connectivity index (χ4v) is 0.751. The van der Waals surface area contributed by atoms with E-state index in [-0.39, 0.29) is 24.8 Å². The molecule has 5 heteroatoms. The minimum atomic E-state index is 0. The zero-order valence-electron chi connectivity index (χ0n) is 6.49. The SMILES string of the molecule is Cl.Cl.NCc1ccc(N)c(N)c1. The van der Waals surface area contributed by atoms with E-state index < -0.39 is 0 Å². The predicted octanol–water partition coefficient (Wildman–Crippen LogP) is 1.15. The largest absolute Gasteiger partial charge is 0.397 e. The van der Waals surface area contributed by atoms with Crippen LogP contribution in [-0.4, -0.2) is 0 Å². The fourth-order valence-electron chi connectivity index (χ4n) is 0.751. The Labute approximate surface area is 84.1 Å². The molecular weight excluding hydrogens is 197 g/mol. The van der Waals surface area contributed by atoms with Crippen molar-refractivity contribution in [1.29, 1.82) is 0 Å². The molecule has 70 valence electrons. The number of rotatable bonds is 1. The van der Waals surface area contributed by atoms with Gasteiger partial charge in [-0.1, -0.05) is 6.07 Å². The van der Waals surface area contributed by atoms with Crippen molar-refractivity contribution >= 4 is 36.2 Å². The molecular formula is C7H13Cl2N3. The molecule has 1 aromatic rings. The van der Waals surface area contributed by atoms with Crippen LogP contribution in [0.2, 0.25) is 0 Å². The highest BCUT2D eigenvalue weighted by Gasteiger charge is 1.93. The third-order valence-corrected chi connectivity index (χ3v) is 1.39. The fraction of sp³-hybridized carbons (Fsp3) is 0.143. The van der Waals surface area contributed by atoms with Crippen molar-refractivity contribution in [3.8, 4) is 0 Å². The second-order valence-corrected chi connectivity index (χ2v) is 2.17. The Morgan fingerprint density at radius 1 is 1.00 bits per heavy atom. The van der Waals surface area contributed by atoms with Crippen molar-refractivity contribution in [2.24, 2.45) is 5.73 Å². The molecule has 0 bridgehead atoms. The number of benzene rings is 1. The molecule has 12 heavy (non-hydrogen) atoms. The van der Waals surface area contributed by atoms with Crippen molar-refractivity contribution in [1.82, 2.24) is 0 Å². The summed E-state index contributed by atoms with van der Waals surface area (Å²) in [5, 5.41) is 0. The van der Waals surface area contributed by atoms with E-state index in [4.69, 9.17) is 17.2 Å². The molecule has 0 aliphatic heterocycles. The lowest BCUT2D eigenvalue weighted by Gasteiger charge is -2.00. The third-order valence-electron chi connectivity index (χ3n) is 1.39. The van der Waals surface area contributed by atoms with Crippen LogP contribution in [-0.2, 0) is 6.54 Å². The number of hydrogen-bond acceptors (Lipinski definition) is 3. The van der Waals surface area contributed by atoms with Crippen molar-refractivity contribution < 1.29 is 0 Å². The van der Waals surface area contributed by atoms with Gasteiger partial charge in [0, 0.05) is 6.54 Å². The van der Waals surface area contributed by atoms with E-state index in [0.29, 0.717) is 17.9 Å². The summed E-state index contributed by atoms with van der Waals surface area (Å²) < 4.78 is 0. The molecule has 0 heterocycles. The van der Waals surface area contributed by atoms with Crippen LogP contribution in [0.5, 0.6) is 0 Å². The maximum absolute atomic E-state index is 5.52. The average Bonchev–Trinajstić information content (AvgIpc) is 1.95. The van der Waals surface area contributed by atoms with E-state index in [9.17, 15) is 0 Å². The molecule has 3 nitrogen and oxygen atoms in total. The van der Waals surface area contributed by atoms with Crippen molar-refractivity contribution in [2.75, 3.05) is 11.5 Å². The molecule has 0 atom stereocenters. The Balaban J connectivity index is 0. The first-order valence-electron chi connectivity index (χ1n) is 3.08. The summed E-state index contributed by atoms with van der Waals surface area (Å²) >= 11 is 0. The molecule has 0 aliphatic rings. The summed E-state index contributed by atoms with van der Waals surface area (Å²) in [5.41, 5.74) is 18.6. The Morgan fingerprint density at radius 2 is 1.58 bits per heavy atom. The van der Waals surface area contributed by atoms with Gasteiger partial charge < -0.3 is 17.2 Å². The van der Waals surface area contributed by atoms with Gasteiger partial charge in [0.25, 0.3) is 0 Å². The summed E-state index contributed by atoms with van der Waals surface area (Å²) in [6, 6.07) is 5.42. The van der Waals surface area contributed by atoms with Crippen LogP contribution >= 0.6 is 24.8 Å². The van der Waals surface area contributed by atoms with Gasteiger partial charge in [-0.15, -0.1) is 24.8 Å². The van der Waals surface area contributed by atoms with E-state index in [1.165, 1.54) is 0 Å². The molecule has 1 rings (SSSR count). The summed E-state index contributed by atoms with van der Waals surface area (Å²) in [5.74, 6) is 0. The minimum Gasteiger partial charge on any atom is -0.397 e. The van der Waals surface area contributed by atoms with Crippen LogP contribution in [0.4, 0.5) is 11.4 Å². The van der Waals surface area contributed by atoms with Crippen LogP contribution in [0.15, 0.2) is 18.2 Å². The zero-order valence-corrected chi connectivity index (χ0v) is 8.12. The second kappa shape index (κ2) is 5.94. The van der Waals surface area contributed by atoms with Crippen LogP contribution in [0.3, 0.4) is 0 Å². The van der Waals surface area contributed by atoms with Gasteiger partial charge in [0.2, 0.25) is 0 Å². The molecule has 0 saturated heterocycles. The highest BCUT2D eigenvalue weighted by Crippen LogP contribution is 2.14. The van der Waals surface area contributed by atoms with Crippen molar-refractivity contribution in [3.05, 3.63) is 23.8 Å². The topological polar surface area (TPSA) is 78.1 Å². The molecule has 0 fully saturated rings. The first kappa shape index (κ1) is 13.9. The average molecular weight is 210 g/mol. The van der Waals surface area contributed by atoms with Gasteiger partial charge in [0.05, 0.1) is 11.4 Å². The van der Waals surface area contributed by atoms with Gasteiger partial charge in [0.15, 0.2) is 0 Å². The molecule has 0 aromatic heterocycles. The predicted molar refractivity (Wildman–Crippen MR) is 57.7 cm³/mol. The van der Waals surface area contributed by atoms with Crippen LogP contribution in [0, 0.1) is 0 Å². The quantitative estimate of drug-likeness (QED) is 0.608. The highest BCUT2D eigenvalue weighted by atomic mass is 35.5. The maximum atomic E-state index is 5.52. The number of halogens is 2. The third kappa shape index (κ3) is 3.17. The van der Waals surface area contributed by atoms with Crippen LogP contribution < -0.4 is 17.2 Å².